The minimum atomic E-state index is -0.451. The second kappa shape index (κ2) is 4.63. The van der Waals surface area contributed by atoms with Crippen molar-refractivity contribution < 1.29 is 14.3 Å². The van der Waals surface area contributed by atoms with E-state index in [0.29, 0.717) is 18.9 Å². The minimum Gasteiger partial charge on any atom is -0.446 e. The summed E-state index contributed by atoms with van der Waals surface area (Å²) in [5, 5.41) is 2.61. The smallest absolute Gasteiger partial charge is 0.411 e. The molecule has 0 aromatic heterocycles. The van der Waals surface area contributed by atoms with Crippen LogP contribution in [0.5, 0.6) is 0 Å². The highest BCUT2D eigenvalue weighted by Gasteiger charge is 2.24. The van der Waals surface area contributed by atoms with E-state index in [9.17, 15) is 4.79 Å². The number of epoxide rings is 1. The molecule has 1 fully saturated rings. The lowest BCUT2D eigenvalue weighted by molar-refractivity contribution is 0.150. The zero-order chi connectivity index (χ0) is 10.7. The number of hydrogen-bond acceptors (Lipinski definition) is 3. The van der Waals surface area contributed by atoms with Gasteiger partial charge in [-0.3, -0.25) is 5.32 Å². The molecule has 5 heteroatoms. The molecule has 1 aliphatic rings. The number of carbonyl (C=O) groups is 1. The fourth-order valence-corrected chi connectivity index (χ4v) is 1.28. The summed E-state index contributed by atoms with van der Waals surface area (Å²) in [6.45, 7) is 1.01. The van der Waals surface area contributed by atoms with Crippen LogP contribution < -0.4 is 5.32 Å². The molecule has 1 aromatic carbocycles. The van der Waals surface area contributed by atoms with E-state index in [0.717, 1.165) is 4.47 Å². The van der Waals surface area contributed by atoms with Crippen LogP contribution in [0.4, 0.5) is 10.5 Å². The van der Waals surface area contributed by atoms with Crippen LogP contribution in [0.1, 0.15) is 0 Å². The SMILES string of the molecule is O=C(Nc1ccc(Br)cc1)OCC1CO1. The Labute approximate surface area is 95.7 Å². The average molecular weight is 272 g/mol. The molecule has 1 aliphatic heterocycles. The Hall–Kier alpha value is -1.07. The number of amides is 1. The van der Waals surface area contributed by atoms with Gasteiger partial charge in [0.05, 0.1) is 6.61 Å². The van der Waals surface area contributed by atoms with Gasteiger partial charge in [0.1, 0.15) is 12.7 Å². The van der Waals surface area contributed by atoms with Gasteiger partial charge in [-0.1, -0.05) is 15.9 Å². The van der Waals surface area contributed by atoms with Gasteiger partial charge >= 0.3 is 6.09 Å². The Balaban J connectivity index is 1.79. The molecule has 1 amide bonds. The lowest BCUT2D eigenvalue weighted by atomic mass is 10.3. The summed E-state index contributed by atoms with van der Waals surface area (Å²) >= 11 is 3.31. The Bertz CT molecular complexity index is 348. The summed E-state index contributed by atoms with van der Waals surface area (Å²) in [5.41, 5.74) is 0.708. The highest BCUT2D eigenvalue weighted by atomic mass is 79.9. The van der Waals surface area contributed by atoms with E-state index in [4.69, 9.17) is 9.47 Å². The van der Waals surface area contributed by atoms with Gasteiger partial charge < -0.3 is 9.47 Å². The third-order valence-electron chi connectivity index (χ3n) is 1.89. The molecule has 1 saturated heterocycles. The Morgan fingerprint density at radius 2 is 2.20 bits per heavy atom. The van der Waals surface area contributed by atoms with Crippen molar-refractivity contribution in [2.45, 2.75) is 6.10 Å². The number of halogens is 1. The summed E-state index contributed by atoms with van der Waals surface area (Å²) in [5.74, 6) is 0. The molecule has 0 aliphatic carbocycles. The highest BCUT2D eigenvalue weighted by Crippen LogP contribution is 2.14. The Kier molecular flexibility index (Phi) is 3.23. The first-order chi connectivity index (χ1) is 7.24. The first-order valence-corrected chi connectivity index (χ1v) is 5.34. The van der Waals surface area contributed by atoms with Crippen molar-refractivity contribution in [2.75, 3.05) is 18.5 Å². The highest BCUT2D eigenvalue weighted by molar-refractivity contribution is 9.10. The van der Waals surface area contributed by atoms with Crippen LogP contribution in [0.25, 0.3) is 0 Å². The number of carbonyl (C=O) groups excluding carboxylic acids is 1. The minimum absolute atomic E-state index is 0.0978. The largest absolute Gasteiger partial charge is 0.446 e. The molecular formula is C10H10BrNO3. The Morgan fingerprint density at radius 1 is 1.53 bits per heavy atom. The van der Waals surface area contributed by atoms with Crippen LogP contribution in [0, 0.1) is 0 Å². The molecule has 4 nitrogen and oxygen atoms in total. The maximum atomic E-state index is 11.2. The number of benzene rings is 1. The fourth-order valence-electron chi connectivity index (χ4n) is 1.02. The van der Waals surface area contributed by atoms with Crippen molar-refractivity contribution in [3.63, 3.8) is 0 Å². The van der Waals surface area contributed by atoms with Crippen molar-refractivity contribution in [2.24, 2.45) is 0 Å². The quantitative estimate of drug-likeness (QED) is 0.859. The molecule has 15 heavy (non-hydrogen) atoms. The summed E-state index contributed by atoms with van der Waals surface area (Å²) in [7, 11) is 0. The lowest BCUT2D eigenvalue weighted by Crippen LogP contribution is -2.16. The molecule has 1 heterocycles. The maximum absolute atomic E-state index is 11.2. The van der Waals surface area contributed by atoms with Crippen molar-refractivity contribution in [1.82, 2.24) is 0 Å². The van der Waals surface area contributed by atoms with Gasteiger partial charge in [-0.05, 0) is 24.3 Å². The second-order valence-corrected chi connectivity index (χ2v) is 4.10. The van der Waals surface area contributed by atoms with E-state index in [2.05, 4.69) is 21.2 Å². The van der Waals surface area contributed by atoms with Crippen LogP contribution in [0.15, 0.2) is 28.7 Å². The molecule has 1 unspecified atom stereocenters. The van der Waals surface area contributed by atoms with Crippen LogP contribution in [0.2, 0.25) is 0 Å². The number of rotatable bonds is 3. The fraction of sp³-hybridized carbons (Fsp3) is 0.300. The second-order valence-electron chi connectivity index (χ2n) is 3.19. The summed E-state index contributed by atoms with van der Waals surface area (Å²) < 4.78 is 10.8. The molecule has 0 bridgehead atoms. The standard InChI is InChI=1S/C10H10BrNO3/c11-7-1-3-8(4-2-7)12-10(13)15-6-9-5-14-9/h1-4,9H,5-6H2,(H,12,13). The predicted molar refractivity (Wildman–Crippen MR) is 58.9 cm³/mol. The van der Waals surface area contributed by atoms with Crippen molar-refractivity contribution >= 4 is 27.7 Å². The summed E-state index contributed by atoms with van der Waals surface area (Å²) in [6.07, 6.45) is -0.353. The molecule has 1 aromatic rings. The predicted octanol–water partition coefficient (Wildman–Crippen LogP) is 2.40. The molecule has 80 valence electrons. The van der Waals surface area contributed by atoms with Gasteiger partial charge in [-0.15, -0.1) is 0 Å². The number of ether oxygens (including phenoxy) is 2. The molecule has 0 saturated carbocycles. The monoisotopic (exact) mass is 271 g/mol. The van der Waals surface area contributed by atoms with Gasteiger partial charge in [0, 0.05) is 10.2 Å². The topological polar surface area (TPSA) is 50.9 Å². The van der Waals surface area contributed by atoms with E-state index in [1.54, 1.807) is 12.1 Å². The van der Waals surface area contributed by atoms with E-state index < -0.39 is 6.09 Å². The summed E-state index contributed by atoms with van der Waals surface area (Å²) in [4.78, 5) is 11.2. The zero-order valence-corrected chi connectivity index (χ0v) is 9.49. The normalized spacial score (nSPS) is 18.3. The lowest BCUT2D eigenvalue weighted by Gasteiger charge is -2.05. The third kappa shape index (κ3) is 3.53. The van der Waals surface area contributed by atoms with Crippen LogP contribution in [-0.4, -0.2) is 25.4 Å². The van der Waals surface area contributed by atoms with Gasteiger partial charge in [0.2, 0.25) is 0 Å². The number of hydrogen-bond donors (Lipinski definition) is 1. The van der Waals surface area contributed by atoms with E-state index in [-0.39, 0.29) is 6.10 Å². The van der Waals surface area contributed by atoms with Crippen LogP contribution in [-0.2, 0) is 9.47 Å². The van der Waals surface area contributed by atoms with Gasteiger partial charge in [-0.2, -0.15) is 0 Å². The van der Waals surface area contributed by atoms with Gasteiger partial charge in [0.25, 0.3) is 0 Å². The molecule has 0 radical (unpaired) electrons. The zero-order valence-electron chi connectivity index (χ0n) is 7.90. The average Bonchev–Trinajstić information content (AvgIpc) is 3.02. The molecule has 1 N–H and O–H groups in total. The molecule has 1 atom stereocenters. The molecule has 0 spiro atoms. The molecular weight excluding hydrogens is 262 g/mol. The van der Waals surface area contributed by atoms with Gasteiger partial charge in [0.15, 0.2) is 0 Å². The first-order valence-electron chi connectivity index (χ1n) is 4.55. The van der Waals surface area contributed by atoms with Crippen LogP contribution >= 0.6 is 15.9 Å². The van der Waals surface area contributed by atoms with Crippen molar-refractivity contribution in [1.29, 1.82) is 0 Å². The number of nitrogens with one attached hydrogen (secondary N) is 1. The van der Waals surface area contributed by atoms with Crippen LogP contribution in [0.3, 0.4) is 0 Å². The van der Waals surface area contributed by atoms with E-state index in [1.807, 2.05) is 12.1 Å². The summed E-state index contributed by atoms with van der Waals surface area (Å²) in [6, 6.07) is 7.27. The number of anilines is 1. The molecule has 2 rings (SSSR count). The first kappa shape index (κ1) is 10.4. The van der Waals surface area contributed by atoms with E-state index >= 15 is 0 Å². The van der Waals surface area contributed by atoms with Crippen molar-refractivity contribution in [3.8, 4) is 0 Å². The third-order valence-corrected chi connectivity index (χ3v) is 2.42. The van der Waals surface area contributed by atoms with Crippen molar-refractivity contribution in [3.05, 3.63) is 28.7 Å². The van der Waals surface area contributed by atoms with E-state index in [1.165, 1.54) is 0 Å². The Morgan fingerprint density at radius 3 is 2.80 bits per heavy atom. The maximum Gasteiger partial charge on any atom is 0.411 e. The van der Waals surface area contributed by atoms with Gasteiger partial charge in [-0.25, -0.2) is 4.79 Å².